The summed E-state index contributed by atoms with van der Waals surface area (Å²) in [5.41, 5.74) is 5.73. The van der Waals surface area contributed by atoms with E-state index in [4.69, 9.17) is 5.73 Å². The Morgan fingerprint density at radius 3 is 2.37 bits per heavy atom. The third-order valence-electron chi connectivity index (χ3n) is 2.47. The van der Waals surface area contributed by atoms with Gasteiger partial charge in [-0.3, -0.25) is 0 Å². The van der Waals surface area contributed by atoms with E-state index in [0.29, 0.717) is 18.2 Å². The van der Waals surface area contributed by atoms with Gasteiger partial charge in [-0.1, -0.05) is 20.8 Å². The molecule has 1 aromatic heterocycles. The van der Waals surface area contributed by atoms with Gasteiger partial charge in [0, 0.05) is 19.2 Å². The van der Waals surface area contributed by atoms with Crippen LogP contribution in [0.15, 0.2) is 6.07 Å². The molecule has 6 heteroatoms. The monoisotopic (exact) mass is 267 g/mol. The van der Waals surface area contributed by atoms with Crippen molar-refractivity contribution in [2.45, 2.75) is 40.2 Å². The highest BCUT2D eigenvalue weighted by Crippen LogP contribution is 2.21. The molecule has 5 N–H and O–H groups in total. The van der Waals surface area contributed by atoms with Crippen LogP contribution in [0.1, 0.15) is 34.1 Å². The number of rotatable bonds is 6. The predicted molar refractivity (Wildman–Crippen MR) is 79.2 cm³/mol. The average molecular weight is 267 g/mol. The minimum absolute atomic E-state index is 0.0979. The number of nitrogens with two attached hydrogens (primary N) is 1. The first-order valence-corrected chi connectivity index (χ1v) is 6.60. The molecule has 19 heavy (non-hydrogen) atoms. The van der Waals surface area contributed by atoms with Crippen LogP contribution in [0.2, 0.25) is 0 Å². The van der Waals surface area contributed by atoms with Crippen molar-refractivity contribution in [3.05, 3.63) is 6.07 Å². The first-order valence-electron chi connectivity index (χ1n) is 6.60. The molecule has 0 aromatic carbocycles. The Morgan fingerprint density at radius 2 is 1.84 bits per heavy atom. The average Bonchev–Trinajstić information content (AvgIpc) is 2.24. The van der Waals surface area contributed by atoms with Gasteiger partial charge in [0.25, 0.3) is 0 Å². The molecular weight excluding hydrogens is 242 g/mol. The molecule has 1 rings (SSSR count). The third-order valence-corrected chi connectivity index (χ3v) is 2.47. The number of hydrogen-bond donors (Lipinski definition) is 4. The summed E-state index contributed by atoms with van der Waals surface area (Å²) in [6, 6.07) is 1.78. The van der Waals surface area contributed by atoms with Crippen LogP contribution in [-0.4, -0.2) is 34.3 Å². The molecule has 1 aromatic rings. The number of nitrogens with one attached hydrogen (secondary N) is 2. The zero-order valence-corrected chi connectivity index (χ0v) is 12.2. The van der Waals surface area contributed by atoms with Gasteiger partial charge in [0.1, 0.15) is 11.6 Å². The summed E-state index contributed by atoms with van der Waals surface area (Å²) in [4.78, 5) is 8.15. The molecule has 0 saturated heterocycles. The van der Waals surface area contributed by atoms with Gasteiger partial charge < -0.3 is 21.5 Å². The smallest absolute Gasteiger partial charge is 0.223 e. The van der Waals surface area contributed by atoms with Crippen LogP contribution in [0.25, 0.3) is 0 Å². The lowest BCUT2D eigenvalue weighted by Gasteiger charge is -2.22. The molecule has 1 unspecified atom stereocenters. The van der Waals surface area contributed by atoms with Crippen molar-refractivity contribution in [3.8, 4) is 0 Å². The summed E-state index contributed by atoms with van der Waals surface area (Å²) >= 11 is 0. The Labute approximate surface area is 114 Å². The fourth-order valence-electron chi connectivity index (χ4n) is 1.83. The van der Waals surface area contributed by atoms with E-state index in [9.17, 15) is 5.11 Å². The topological polar surface area (TPSA) is 96.1 Å². The van der Waals surface area contributed by atoms with Gasteiger partial charge in [0.05, 0.1) is 6.10 Å². The Kier molecular flexibility index (Phi) is 5.35. The molecule has 0 aliphatic rings. The molecule has 0 bridgehead atoms. The number of nitrogen functional groups attached to an aromatic ring is 1. The van der Waals surface area contributed by atoms with Crippen LogP contribution in [0.5, 0.6) is 0 Å². The Bertz CT molecular complexity index is 403. The molecular formula is C13H25N5O. The van der Waals surface area contributed by atoms with Crippen LogP contribution in [0.3, 0.4) is 0 Å². The molecule has 0 saturated carbocycles. The van der Waals surface area contributed by atoms with Gasteiger partial charge in [-0.15, -0.1) is 0 Å². The maximum absolute atomic E-state index is 9.94. The second-order valence-corrected chi connectivity index (χ2v) is 5.83. The normalized spacial score (nSPS) is 13.1. The largest absolute Gasteiger partial charge is 0.391 e. The molecule has 0 spiro atoms. The number of aliphatic hydroxyl groups is 1. The van der Waals surface area contributed by atoms with Crippen LogP contribution in [0, 0.1) is 5.41 Å². The van der Waals surface area contributed by atoms with Crippen LogP contribution in [0.4, 0.5) is 17.6 Å². The van der Waals surface area contributed by atoms with E-state index < -0.39 is 6.10 Å². The second kappa shape index (κ2) is 6.56. The maximum Gasteiger partial charge on any atom is 0.223 e. The first-order chi connectivity index (χ1) is 8.80. The van der Waals surface area contributed by atoms with Crippen molar-refractivity contribution in [3.63, 3.8) is 0 Å². The number of aliphatic hydroxyl groups excluding tert-OH is 1. The lowest BCUT2D eigenvalue weighted by molar-refractivity contribution is 0.132. The van der Waals surface area contributed by atoms with E-state index in [1.54, 1.807) is 6.07 Å². The summed E-state index contributed by atoms with van der Waals surface area (Å²) in [5, 5.41) is 16.1. The van der Waals surface area contributed by atoms with Crippen molar-refractivity contribution >= 4 is 17.6 Å². The lowest BCUT2D eigenvalue weighted by atomic mass is 9.89. The second-order valence-electron chi connectivity index (χ2n) is 5.83. The number of anilines is 3. The standard InChI is InChI=1S/C13H25N5O/c1-5-15-10-6-11(18-12(14)17-10)16-8-9(19)7-13(2,3)4/h6,9,19H,5,7-8H2,1-4H3,(H4,14,15,16,17,18). The van der Waals surface area contributed by atoms with Crippen molar-refractivity contribution < 1.29 is 5.11 Å². The zero-order valence-electron chi connectivity index (χ0n) is 12.2. The lowest BCUT2D eigenvalue weighted by Crippen LogP contribution is -2.25. The highest BCUT2D eigenvalue weighted by molar-refractivity contribution is 5.50. The highest BCUT2D eigenvalue weighted by atomic mass is 16.3. The van der Waals surface area contributed by atoms with E-state index in [-0.39, 0.29) is 11.4 Å². The molecule has 0 aliphatic carbocycles. The van der Waals surface area contributed by atoms with Crippen LogP contribution >= 0.6 is 0 Å². The molecule has 0 fully saturated rings. The summed E-state index contributed by atoms with van der Waals surface area (Å²) in [7, 11) is 0. The van der Waals surface area contributed by atoms with E-state index in [1.807, 2.05) is 6.92 Å². The van der Waals surface area contributed by atoms with Crippen molar-refractivity contribution in [2.75, 3.05) is 29.5 Å². The summed E-state index contributed by atoms with van der Waals surface area (Å²) in [6.45, 7) is 9.49. The first kappa shape index (κ1) is 15.5. The summed E-state index contributed by atoms with van der Waals surface area (Å²) in [5.74, 6) is 1.52. The van der Waals surface area contributed by atoms with Crippen molar-refractivity contribution in [1.82, 2.24) is 9.97 Å². The minimum Gasteiger partial charge on any atom is -0.391 e. The number of nitrogens with zero attached hydrogens (tertiary/aromatic N) is 2. The minimum atomic E-state index is -0.418. The van der Waals surface area contributed by atoms with Crippen LogP contribution < -0.4 is 16.4 Å². The van der Waals surface area contributed by atoms with Gasteiger partial charge in [-0.25, -0.2) is 0 Å². The van der Waals surface area contributed by atoms with Gasteiger partial charge in [-0.05, 0) is 18.8 Å². The molecule has 0 aliphatic heterocycles. The van der Waals surface area contributed by atoms with E-state index in [2.05, 4.69) is 41.4 Å². The number of hydrogen-bond acceptors (Lipinski definition) is 6. The van der Waals surface area contributed by atoms with E-state index >= 15 is 0 Å². The van der Waals surface area contributed by atoms with Crippen molar-refractivity contribution in [1.29, 1.82) is 0 Å². The van der Waals surface area contributed by atoms with Gasteiger partial charge in [0.2, 0.25) is 5.95 Å². The SMILES string of the molecule is CCNc1cc(NCC(O)CC(C)(C)C)nc(N)n1. The molecule has 1 heterocycles. The van der Waals surface area contributed by atoms with E-state index in [0.717, 1.165) is 13.0 Å². The predicted octanol–water partition coefficient (Wildman–Crippen LogP) is 1.70. The molecule has 0 amide bonds. The summed E-state index contributed by atoms with van der Waals surface area (Å²) in [6.07, 6.45) is 0.305. The quantitative estimate of drug-likeness (QED) is 0.626. The number of aromatic nitrogens is 2. The van der Waals surface area contributed by atoms with Gasteiger partial charge >= 0.3 is 0 Å². The fraction of sp³-hybridized carbons (Fsp3) is 0.692. The summed E-state index contributed by atoms with van der Waals surface area (Å²) < 4.78 is 0. The van der Waals surface area contributed by atoms with Crippen LogP contribution in [-0.2, 0) is 0 Å². The van der Waals surface area contributed by atoms with E-state index in [1.165, 1.54) is 0 Å². The molecule has 1 atom stereocenters. The molecule has 6 nitrogen and oxygen atoms in total. The molecule has 108 valence electrons. The highest BCUT2D eigenvalue weighted by Gasteiger charge is 2.16. The fourth-order valence-corrected chi connectivity index (χ4v) is 1.83. The van der Waals surface area contributed by atoms with Gasteiger partial charge in [-0.2, -0.15) is 9.97 Å². The third kappa shape index (κ3) is 6.24. The Balaban J connectivity index is 2.57. The maximum atomic E-state index is 9.94. The molecule has 0 radical (unpaired) electrons. The van der Waals surface area contributed by atoms with Crippen molar-refractivity contribution in [2.24, 2.45) is 5.41 Å². The van der Waals surface area contributed by atoms with Gasteiger partial charge in [0.15, 0.2) is 0 Å². The Hall–Kier alpha value is -1.56. The zero-order chi connectivity index (χ0) is 14.5. The Morgan fingerprint density at radius 1 is 1.26 bits per heavy atom.